The van der Waals surface area contributed by atoms with Gasteiger partial charge in [0.05, 0.1) is 32.1 Å². The Balaban J connectivity index is 1.63. The van der Waals surface area contributed by atoms with Crippen LogP contribution in [0.25, 0.3) is 22.3 Å². The second kappa shape index (κ2) is 9.99. The van der Waals surface area contributed by atoms with Gasteiger partial charge in [0.2, 0.25) is 0 Å². The first-order chi connectivity index (χ1) is 16.1. The van der Waals surface area contributed by atoms with Crippen LogP contribution in [-0.4, -0.2) is 36.5 Å². The number of benzene rings is 3. The van der Waals surface area contributed by atoms with Crippen LogP contribution >= 0.6 is 0 Å². The largest absolute Gasteiger partial charge is 0.493 e. The molecule has 1 aromatic heterocycles. The van der Waals surface area contributed by atoms with Gasteiger partial charge < -0.3 is 14.2 Å². The third-order valence-electron chi connectivity index (χ3n) is 4.88. The lowest BCUT2D eigenvalue weighted by Gasteiger charge is -2.11. The molecule has 0 aliphatic carbocycles. The number of anilines is 1. The molecule has 0 radical (unpaired) electrons. The van der Waals surface area contributed by atoms with Gasteiger partial charge in [-0.2, -0.15) is 5.10 Å². The number of nitrogens with one attached hydrogen (secondary N) is 1. The van der Waals surface area contributed by atoms with Crippen molar-refractivity contribution in [3.8, 4) is 28.6 Å². The molecule has 4 rings (SSSR count). The number of fused-ring (bicyclic) bond motifs is 1. The Kier molecular flexibility index (Phi) is 6.69. The van der Waals surface area contributed by atoms with Gasteiger partial charge in [0.15, 0.2) is 23.1 Å². The van der Waals surface area contributed by atoms with E-state index in [0.29, 0.717) is 23.1 Å². The maximum Gasteiger partial charge on any atom is 0.162 e. The third kappa shape index (κ3) is 5.20. The normalized spacial score (nSPS) is 11.2. The van der Waals surface area contributed by atoms with E-state index >= 15 is 0 Å². The van der Waals surface area contributed by atoms with E-state index < -0.39 is 0 Å². The number of ether oxygens (including phenoxy) is 3. The average Bonchev–Trinajstić information content (AvgIpc) is 2.84. The van der Waals surface area contributed by atoms with Crippen LogP contribution in [0.2, 0.25) is 0 Å². The van der Waals surface area contributed by atoms with E-state index in [4.69, 9.17) is 24.2 Å². The number of para-hydroxylation sites is 1. The van der Waals surface area contributed by atoms with Gasteiger partial charge in [-0.3, -0.25) is 5.43 Å². The minimum atomic E-state index is 0.118. The van der Waals surface area contributed by atoms with Gasteiger partial charge in [0.1, 0.15) is 5.75 Å². The van der Waals surface area contributed by atoms with E-state index in [-0.39, 0.29) is 6.10 Å². The smallest absolute Gasteiger partial charge is 0.162 e. The number of hydrogen-bond acceptors (Lipinski definition) is 7. The van der Waals surface area contributed by atoms with Crippen LogP contribution in [0.1, 0.15) is 19.4 Å². The van der Waals surface area contributed by atoms with Crippen LogP contribution in [0.3, 0.4) is 0 Å². The highest BCUT2D eigenvalue weighted by molar-refractivity contribution is 5.91. The molecule has 4 aromatic rings. The first-order valence-electron chi connectivity index (χ1n) is 10.6. The van der Waals surface area contributed by atoms with Crippen molar-refractivity contribution in [2.75, 3.05) is 19.6 Å². The first kappa shape index (κ1) is 22.1. The van der Waals surface area contributed by atoms with Crippen LogP contribution in [0, 0.1) is 0 Å². The molecule has 0 saturated carbocycles. The Morgan fingerprint density at radius 1 is 0.879 bits per heavy atom. The molecule has 33 heavy (non-hydrogen) atoms. The fourth-order valence-electron chi connectivity index (χ4n) is 3.35. The molecule has 7 nitrogen and oxygen atoms in total. The number of rotatable bonds is 8. The molecule has 0 aliphatic heterocycles. The van der Waals surface area contributed by atoms with Crippen molar-refractivity contribution in [3.63, 3.8) is 0 Å². The average molecular weight is 443 g/mol. The van der Waals surface area contributed by atoms with Crippen LogP contribution in [0.5, 0.6) is 17.2 Å². The summed E-state index contributed by atoms with van der Waals surface area (Å²) in [5.74, 6) is 3.34. The number of nitrogens with zero attached hydrogens (tertiary/aromatic N) is 3. The SMILES string of the molecule is COc1ccc(/C=N/Nc2nc(-c3ccc(OC(C)C)cc3)nc3ccccc23)cc1OC. The van der Waals surface area contributed by atoms with E-state index in [1.54, 1.807) is 20.4 Å². The highest BCUT2D eigenvalue weighted by Gasteiger charge is 2.10. The fraction of sp³-hybridized carbons (Fsp3) is 0.192. The fourth-order valence-corrected chi connectivity index (χ4v) is 3.35. The van der Waals surface area contributed by atoms with Gasteiger partial charge in [-0.15, -0.1) is 0 Å². The minimum Gasteiger partial charge on any atom is -0.493 e. The summed E-state index contributed by atoms with van der Waals surface area (Å²) in [7, 11) is 3.21. The van der Waals surface area contributed by atoms with Crippen molar-refractivity contribution in [1.82, 2.24) is 9.97 Å². The Morgan fingerprint density at radius 2 is 1.64 bits per heavy atom. The Labute approximate surface area is 193 Å². The molecule has 0 bridgehead atoms. The van der Waals surface area contributed by atoms with Gasteiger partial charge >= 0.3 is 0 Å². The second-order valence-corrected chi connectivity index (χ2v) is 7.59. The molecule has 0 aliphatic rings. The Morgan fingerprint density at radius 3 is 2.36 bits per heavy atom. The molecule has 0 unspecified atom stereocenters. The van der Waals surface area contributed by atoms with Crippen molar-refractivity contribution in [2.24, 2.45) is 5.10 Å². The van der Waals surface area contributed by atoms with Gasteiger partial charge in [0, 0.05) is 10.9 Å². The van der Waals surface area contributed by atoms with E-state index in [9.17, 15) is 0 Å². The molecule has 0 spiro atoms. The Bertz CT molecular complexity index is 1270. The zero-order valence-electron chi connectivity index (χ0n) is 19.1. The summed E-state index contributed by atoms with van der Waals surface area (Å²) in [6.07, 6.45) is 1.82. The molecule has 168 valence electrons. The molecular formula is C26H26N4O3. The second-order valence-electron chi connectivity index (χ2n) is 7.59. The summed E-state index contributed by atoms with van der Waals surface area (Å²) in [5, 5.41) is 5.27. The van der Waals surface area contributed by atoms with Crippen molar-refractivity contribution < 1.29 is 14.2 Å². The lowest BCUT2D eigenvalue weighted by molar-refractivity contribution is 0.242. The number of hydrogen-bond donors (Lipinski definition) is 1. The van der Waals surface area contributed by atoms with Gasteiger partial charge in [0.25, 0.3) is 0 Å². The van der Waals surface area contributed by atoms with Crippen LogP contribution in [0.15, 0.2) is 71.8 Å². The maximum atomic E-state index is 5.74. The predicted octanol–water partition coefficient (Wildman–Crippen LogP) is 5.55. The lowest BCUT2D eigenvalue weighted by Crippen LogP contribution is -2.05. The number of aromatic nitrogens is 2. The monoisotopic (exact) mass is 442 g/mol. The van der Waals surface area contributed by atoms with Crippen molar-refractivity contribution in [3.05, 3.63) is 72.3 Å². The van der Waals surface area contributed by atoms with E-state index in [0.717, 1.165) is 27.8 Å². The molecule has 3 aromatic carbocycles. The molecule has 0 saturated heterocycles. The van der Waals surface area contributed by atoms with E-state index in [1.807, 2.05) is 80.6 Å². The van der Waals surface area contributed by atoms with Gasteiger partial charge in [-0.05, 0) is 74.0 Å². The third-order valence-corrected chi connectivity index (χ3v) is 4.88. The molecular weight excluding hydrogens is 416 g/mol. The number of hydrazone groups is 1. The summed E-state index contributed by atoms with van der Waals surface area (Å²) in [6, 6.07) is 21.2. The molecule has 0 fully saturated rings. The predicted molar refractivity (Wildman–Crippen MR) is 132 cm³/mol. The van der Waals surface area contributed by atoms with Gasteiger partial charge in [-0.25, -0.2) is 9.97 Å². The summed E-state index contributed by atoms with van der Waals surface area (Å²) < 4.78 is 16.4. The standard InChI is InChI=1S/C26H26N4O3/c1-17(2)33-20-12-10-19(11-13-20)25-28-22-8-6-5-7-21(22)26(29-25)30-27-16-18-9-14-23(31-3)24(15-18)32-4/h5-17H,1-4H3,(H,28,29,30)/b27-16+. The summed E-state index contributed by atoms with van der Waals surface area (Å²) in [4.78, 5) is 9.46. The van der Waals surface area contributed by atoms with Crippen LogP contribution in [0.4, 0.5) is 5.82 Å². The quantitative estimate of drug-likeness (QED) is 0.285. The van der Waals surface area contributed by atoms with E-state index in [1.165, 1.54) is 0 Å². The van der Waals surface area contributed by atoms with Crippen LogP contribution < -0.4 is 19.6 Å². The minimum absolute atomic E-state index is 0.118. The molecule has 0 atom stereocenters. The van der Waals surface area contributed by atoms with E-state index in [2.05, 4.69) is 10.5 Å². The molecule has 1 heterocycles. The van der Waals surface area contributed by atoms with Gasteiger partial charge in [-0.1, -0.05) is 12.1 Å². The number of methoxy groups -OCH3 is 2. The summed E-state index contributed by atoms with van der Waals surface area (Å²) in [6.45, 7) is 4.00. The molecule has 7 heteroatoms. The maximum absolute atomic E-state index is 5.74. The van der Waals surface area contributed by atoms with Crippen molar-refractivity contribution in [1.29, 1.82) is 0 Å². The highest BCUT2D eigenvalue weighted by atomic mass is 16.5. The lowest BCUT2D eigenvalue weighted by atomic mass is 10.1. The molecule has 0 amide bonds. The van der Waals surface area contributed by atoms with Crippen LogP contribution in [-0.2, 0) is 0 Å². The Hall–Kier alpha value is -4.13. The topological polar surface area (TPSA) is 77.9 Å². The first-order valence-corrected chi connectivity index (χ1v) is 10.6. The zero-order valence-corrected chi connectivity index (χ0v) is 19.1. The summed E-state index contributed by atoms with van der Waals surface area (Å²) in [5.41, 5.74) is 5.65. The van der Waals surface area contributed by atoms with Crippen molar-refractivity contribution in [2.45, 2.75) is 20.0 Å². The highest BCUT2D eigenvalue weighted by Crippen LogP contribution is 2.28. The molecule has 1 N–H and O–H groups in total. The zero-order chi connectivity index (χ0) is 23.2. The summed E-state index contributed by atoms with van der Waals surface area (Å²) >= 11 is 0. The van der Waals surface area contributed by atoms with Crippen molar-refractivity contribution >= 4 is 22.9 Å².